The van der Waals surface area contributed by atoms with Crippen molar-refractivity contribution < 1.29 is 9.59 Å². The summed E-state index contributed by atoms with van der Waals surface area (Å²) in [7, 11) is 0. The number of para-hydroxylation sites is 1. The SMILES string of the molecule is O=C(CC1Sc2ccccc2NC1=O)Nc1ccc(N2CCCC2)nc1. The highest BCUT2D eigenvalue weighted by Gasteiger charge is 2.28. The van der Waals surface area contributed by atoms with Crippen LogP contribution in [0.5, 0.6) is 0 Å². The van der Waals surface area contributed by atoms with Crippen LogP contribution in [0.4, 0.5) is 17.2 Å². The molecule has 0 saturated carbocycles. The van der Waals surface area contributed by atoms with Crippen LogP contribution >= 0.6 is 11.8 Å². The van der Waals surface area contributed by atoms with Crippen LogP contribution in [-0.2, 0) is 9.59 Å². The van der Waals surface area contributed by atoms with E-state index < -0.39 is 5.25 Å². The number of carbonyl (C=O) groups excluding carboxylic acids is 2. The average molecular weight is 368 g/mol. The summed E-state index contributed by atoms with van der Waals surface area (Å²) in [6.07, 6.45) is 4.20. The van der Waals surface area contributed by atoms with Gasteiger partial charge in [-0.2, -0.15) is 0 Å². The van der Waals surface area contributed by atoms with Gasteiger partial charge >= 0.3 is 0 Å². The molecule has 7 heteroatoms. The highest BCUT2D eigenvalue weighted by atomic mass is 32.2. The van der Waals surface area contributed by atoms with Gasteiger partial charge in [-0.15, -0.1) is 11.8 Å². The molecule has 1 atom stereocenters. The number of pyridine rings is 1. The third kappa shape index (κ3) is 3.67. The molecule has 1 aromatic heterocycles. The van der Waals surface area contributed by atoms with Gasteiger partial charge in [0.2, 0.25) is 11.8 Å². The van der Waals surface area contributed by atoms with Gasteiger partial charge in [0, 0.05) is 24.4 Å². The zero-order valence-corrected chi connectivity index (χ0v) is 15.1. The first kappa shape index (κ1) is 16.9. The van der Waals surface area contributed by atoms with Gasteiger partial charge in [-0.05, 0) is 37.1 Å². The molecule has 0 radical (unpaired) electrons. The van der Waals surface area contributed by atoms with Crippen molar-refractivity contribution in [1.82, 2.24) is 4.98 Å². The Hall–Kier alpha value is -2.54. The maximum absolute atomic E-state index is 12.3. The molecular formula is C19H20N4O2S. The third-order valence-corrected chi connectivity index (χ3v) is 5.81. The van der Waals surface area contributed by atoms with Crippen molar-refractivity contribution in [2.75, 3.05) is 28.6 Å². The lowest BCUT2D eigenvalue weighted by Crippen LogP contribution is -2.32. The Morgan fingerprint density at radius 1 is 1.23 bits per heavy atom. The number of amides is 2. The van der Waals surface area contributed by atoms with Crippen LogP contribution in [0.2, 0.25) is 0 Å². The molecule has 134 valence electrons. The minimum absolute atomic E-state index is 0.124. The van der Waals surface area contributed by atoms with Crippen LogP contribution in [0.25, 0.3) is 0 Å². The molecule has 3 heterocycles. The van der Waals surface area contributed by atoms with Crippen LogP contribution in [0.15, 0.2) is 47.5 Å². The van der Waals surface area contributed by atoms with E-state index in [9.17, 15) is 9.59 Å². The van der Waals surface area contributed by atoms with Crippen molar-refractivity contribution in [3.8, 4) is 0 Å². The molecule has 1 aromatic carbocycles. The van der Waals surface area contributed by atoms with E-state index in [2.05, 4.69) is 20.5 Å². The average Bonchev–Trinajstić information content (AvgIpc) is 3.17. The number of fused-ring (bicyclic) bond motifs is 1. The lowest BCUT2D eigenvalue weighted by molar-refractivity contribution is -0.120. The Balaban J connectivity index is 1.36. The summed E-state index contributed by atoms with van der Waals surface area (Å²) in [6.45, 7) is 2.07. The van der Waals surface area contributed by atoms with E-state index in [1.54, 1.807) is 6.20 Å². The summed E-state index contributed by atoms with van der Waals surface area (Å²) in [6, 6.07) is 11.4. The highest BCUT2D eigenvalue weighted by Crippen LogP contribution is 2.36. The summed E-state index contributed by atoms with van der Waals surface area (Å²) in [5, 5.41) is 5.27. The van der Waals surface area contributed by atoms with E-state index in [1.807, 2.05) is 36.4 Å². The normalized spacial score (nSPS) is 19.0. The van der Waals surface area contributed by atoms with Gasteiger partial charge in [0.1, 0.15) is 5.82 Å². The molecule has 26 heavy (non-hydrogen) atoms. The van der Waals surface area contributed by atoms with Crippen LogP contribution < -0.4 is 15.5 Å². The van der Waals surface area contributed by atoms with Crippen LogP contribution in [0.3, 0.4) is 0 Å². The Bertz CT molecular complexity index is 819. The zero-order chi connectivity index (χ0) is 17.9. The second-order valence-electron chi connectivity index (χ2n) is 6.44. The van der Waals surface area contributed by atoms with Crippen LogP contribution in [0, 0.1) is 0 Å². The molecule has 2 N–H and O–H groups in total. The van der Waals surface area contributed by atoms with E-state index in [-0.39, 0.29) is 18.2 Å². The maximum atomic E-state index is 12.3. The van der Waals surface area contributed by atoms with Crippen molar-refractivity contribution in [2.45, 2.75) is 29.4 Å². The topological polar surface area (TPSA) is 74.3 Å². The number of benzene rings is 1. The van der Waals surface area contributed by atoms with E-state index in [4.69, 9.17) is 0 Å². The molecule has 2 aliphatic heterocycles. The van der Waals surface area contributed by atoms with Crippen LogP contribution in [0.1, 0.15) is 19.3 Å². The van der Waals surface area contributed by atoms with Crippen molar-refractivity contribution in [3.05, 3.63) is 42.6 Å². The van der Waals surface area contributed by atoms with Gasteiger partial charge in [0.15, 0.2) is 0 Å². The number of hydrogen-bond donors (Lipinski definition) is 2. The largest absolute Gasteiger partial charge is 0.357 e. The van der Waals surface area contributed by atoms with Gasteiger partial charge in [-0.1, -0.05) is 12.1 Å². The molecule has 2 amide bonds. The Kier molecular flexibility index (Phi) is 4.79. The fourth-order valence-electron chi connectivity index (χ4n) is 3.20. The van der Waals surface area contributed by atoms with Crippen molar-refractivity contribution in [1.29, 1.82) is 0 Å². The second kappa shape index (κ2) is 7.37. The van der Waals surface area contributed by atoms with Crippen LogP contribution in [-0.4, -0.2) is 35.1 Å². The van der Waals surface area contributed by atoms with E-state index >= 15 is 0 Å². The minimum atomic E-state index is -0.429. The second-order valence-corrected chi connectivity index (χ2v) is 7.69. The molecule has 2 aromatic rings. The molecule has 2 aliphatic rings. The predicted molar refractivity (Wildman–Crippen MR) is 104 cm³/mol. The van der Waals surface area contributed by atoms with Gasteiger partial charge in [0.05, 0.1) is 22.8 Å². The number of thioether (sulfide) groups is 1. The molecule has 6 nitrogen and oxygen atoms in total. The summed E-state index contributed by atoms with van der Waals surface area (Å²) in [4.78, 5) is 32.2. The fraction of sp³-hybridized carbons (Fsp3) is 0.316. The molecule has 1 unspecified atom stereocenters. The molecule has 0 spiro atoms. The number of anilines is 3. The monoisotopic (exact) mass is 368 g/mol. The molecule has 4 rings (SSSR count). The minimum Gasteiger partial charge on any atom is -0.357 e. The summed E-state index contributed by atoms with van der Waals surface area (Å²) < 4.78 is 0. The smallest absolute Gasteiger partial charge is 0.238 e. The lowest BCUT2D eigenvalue weighted by atomic mass is 10.2. The Morgan fingerprint density at radius 2 is 2.04 bits per heavy atom. The van der Waals surface area contributed by atoms with E-state index in [1.165, 1.54) is 24.6 Å². The van der Waals surface area contributed by atoms with Crippen molar-refractivity contribution in [3.63, 3.8) is 0 Å². The molecule has 1 saturated heterocycles. The van der Waals surface area contributed by atoms with Crippen molar-refractivity contribution >= 4 is 40.8 Å². The number of nitrogens with zero attached hydrogens (tertiary/aromatic N) is 2. The first-order chi connectivity index (χ1) is 12.7. The number of carbonyl (C=O) groups is 2. The number of aromatic nitrogens is 1. The first-order valence-electron chi connectivity index (χ1n) is 8.76. The summed E-state index contributed by atoms with van der Waals surface area (Å²) in [5.74, 6) is 0.624. The first-order valence-corrected chi connectivity index (χ1v) is 9.64. The molecule has 0 bridgehead atoms. The Morgan fingerprint density at radius 3 is 2.81 bits per heavy atom. The van der Waals surface area contributed by atoms with Gasteiger partial charge < -0.3 is 15.5 Å². The summed E-state index contributed by atoms with van der Waals surface area (Å²) in [5.41, 5.74) is 1.46. The van der Waals surface area contributed by atoms with Gasteiger partial charge in [-0.25, -0.2) is 4.98 Å². The zero-order valence-electron chi connectivity index (χ0n) is 14.3. The quantitative estimate of drug-likeness (QED) is 0.867. The molecular weight excluding hydrogens is 348 g/mol. The fourth-order valence-corrected chi connectivity index (χ4v) is 4.31. The maximum Gasteiger partial charge on any atom is 0.238 e. The molecule has 1 fully saturated rings. The standard InChI is InChI=1S/C19H20N4O2S/c24-18(11-16-19(25)22-14-5-1-2-6-15(14)26-16)21-13-7-8-17(20-12-13)23-9-3-4-10-23/h1-2,5-8,12,16H,3-4,9-11H2,(H,21,24)(H,22,25). The van der Waals surface area contributed by atoms with E-state index in [0.29, 0.717) is 5.69 Å². The van der Waals surface area contributed by atoms with Gasteiger partial charge in [0.25, 0.3) is 0 Å². The number of hydrogen-bond acceptors (Lipinski definition) is 5. The summed E-state index contributed by atoms with van der Waals surface area (Å²) >= 11 is 1.43. The Labute approximate surface area is 156 Å². The molecule has 0 aliphatic carbocycles. The van der Waals surface area contributed by atoms with E-state index in [0.717, 1.165) is 29.5 Å². The number of nitrogens with one attached hydrogen (secondary N) is 2. The number of rotatable bonds is 4. The lowest BCUT2D eigenvalue weighted by Gasteiger charge is -2.23. The van der Waals surface area contributed by atoms with Crippen molar-refractivity contribution in [2.24, 2.45) is 0 Å². The predicted octanol–water partition coefficient (Wildman–Crippen LogP) is 3.12. The van der Waals surface area contributed by atoms with Gasteiger partial charge in [-0.3, -0.25) is 9.59 Å². The highest BCUT2D eigenvalue weighted by molar-refractivity contribution is 8.01. The third-order valence-electron chi connectivity index (χ3n) is 4.54.